The summed E-state index contributed by atoms with van der Waals surface area (Å²) in [6, 6.07) is 7.61. The van der Waals surface area contributed by atoms with Gasteiger partial charge in [0, 0.05) is 17.5 Å². The van der Waals surface area contributed by atoms with Crippen LogP contribution >= 0.6 is 0 Å². The van der Waals surface area contributed by atoms with Gasteiger partial charge in [0.05, 0.1) is 5.60 Å². The van der Waals surface area contributed by atoms with E-state index in [9.17, 15) is 9.90 Å². The topological polar surface area (TPSA) is 62.5 Å². The number of carbonyl (C=O) groups excluding carboxylic acids is 1. The van der Waals surface area contributed by atoms with Crippen LogP contribution < -0.4 is 5.32 Å². The van der Waals surface area contributed by atoms with Gasteiger partial charge in [0.2, 0.25) is 0 Å². The van der Waals surface area contributed by atoms with Gasteiger partial charge in [-0.2, -0.15) is 0 Å². The van der Waals surface area contributed by atoms with Crippen molar-refractivity contribution in [1.82, 2.24) is 5.32 Å². The first kappa shape index (κ1) is 14.1. The van der Waals surface area contributed by atoms with Crippen molar-refractivity contribution in [3.05, 3.63) is 35.6 Å². The number of carbonyl (C=O) groups is 1. The molecule has 1 amide bonds. The predicted molar refractivity (Wildman–Crippen MR) is 81.3 cm³/mol. The summed E-state index contributed by atoms with van der Waals surface area (Å²) < 4.78 is 5.64. The second-order valence-corrected chi connectivity index (χ2v) is 6.02. The number of aliphatic hydroxyl groups is 1. The molecule has 1 heterocycles. The SMILES string of the molecule is Cc1c(C(=O)NCC2(O)CCCCC2)oc2ccccc12. The van der Waals surface area contributed by atoms with Crippen LogP contribution in [0.15, 0.2) is 28.7 Å². The third kappa shape index (κ3) is 2.81. The number of aryl methyl sites for hydroxylation is 1. The fourth-order valence-corrected chi connectivity index (χ4v) is 3.10. The second kappa shape index (κ2) is 5.53. The van der Waals surface area contributed by atoms with Crippen molar-refractivity contribution in [3.63, 3.8) is 0 Å². The van der Waals surface area contributed by atoms with Gasteiger partial charge in [-0.05, 0) is 25.8 Å². The third-order valence-corrected chi connectivity index (χ3v) is 4.41. The molecule has 0 radical (unpaired) electrons. The van der Waals surface area contributed by atoms with Crippen LogP contribution in [0.5, 0.6) is 0 Å². The highest BCUT2D eigenvalue weighted by Gasteiger charge is 2.30. The molecule has 4 nitrogen and oxygen atoms in total. The normalized spacial score (nSPS) is 17.8. The smallest absolute Gasteiger partial charge is 0.287 e. The highest BCUT2D eigenvalue weighted by molar-refractivity contribution is 5.98. The van der Waals surface area contributed by atoms with E-state index < -0.39 is 5.60 Å². The molecule has 2 N–H and O–H groups in total. The lowest BCUT2D eigenvalue weighted by Crippen LogP contribution is -2.44. The van der Waals surface area contributed by atoms with Crippen LogP contribution in [-0.2, 0) is 0 Å². The summed E-state index contributed by atoms with van der Waals surface area (Å²) in [4.78, 5) is 12.3. The van der Waals surface area contributed by atoms with Crippen LogP contribution in [0.3, 0.4) is 0 Å². The minimum absolute atomic E-state index is 0.248. The van der Waals surface area contributed by atoms with Gasteiger partial charge in [0.1, 0.15) is 5.58 Å². The average molecular weight is 287 g/mol. The van der Waals surface area contributed by atoms with E-state index in [1.165, 1.54) is 6.42 Å². The molecule has 3 rings (SSSR count). The van der Waals surface area contributed by atoms with Gasteiger partial charge in [-0.15, -0.1) is 0 Å². The van der Waals surface area contributed by atoms with E-state index in [1.54, 1.807) is 0 Å². The van der Waals surface area contributed by atoms with Crippen molar-refractivity contribution in [2.45, 2.75) is 44.6 Å². The van der Waals surface area contributed by atoms with Crippen molar-refractivity contribution < 1.29 is 14.3 Å². The molecule has 0 bridgehead atoms. The van der Waals surface area contributed by atoms with Gasteiger partial charge in [0.15, 0.2) is 5.76 Å². The molecule has 1 aromatic heterocycles. The summed E-state index contributed by atoms with van der Waals surface area (Å²) in [5.41, 5.74) is 0.809. The van der Waals surface area contributed by atoms with Crippen LogP contribution in [0.25, 0.3) is 11.0 Å². The Labute approximate surface area is 124 Å². The number of benzene rings is 1. The van der Waals surface area contributed by atoms with Gasteiger partial charge in [-0.1, -0.05) is 37.5 Å². The Morgan fingerprint density at radius 3 is 2.71 bits per heavy atom. The predicted octanol–water partition coefficient (Wildman–Crippen LogP) is 3.17. The minimum Gasteiger partial charge on any atom is -0.451 e. The van der Waals surface area contributed by atoms with E-state index in [-0.39, 0.29) is 5.91 Å². The Morgan fingerprint density at radius 1 is 1.29 bits per heavy atom. The minimum atomic E-state index is -0.756. The standard InChI is InChI=1S/C17H21NO3/c1-12-13-7-3-4-8-14(13)21-15(12)16(19)18-11-17(20)9-5-2-6-10-17/h3-4,7-8,20H,2,5-6,9-11H2,1H3,(H,18,19). The molecule has 0 spiro atoms. The number of hydrogen-bond donors (Lipinski definition) is 2. The molecular weight excluding hydrogens is 266 g/mol. The first-order valence-corrected chi connectivity index (χ1v) is 7.58. The number of amides is 1. The lowest BCUT2D eigenvalue weighted by atomic mass is 9.85. The zero-order valence-corrected chi connectivity index (χ0v) is 12.3. The molecule has 1 saturated carbocycles. The first-order valence-electron chi connectivity index (χ1n) is 7.58. The highest BCUT2D eigenvalue weighted by Crippen LogP contribution is 2.28. The zero-order chi connectivity index (χ0) is 14.9. The van der Waals surface area contributed by atoms with Gasteiger partial charge in [-0.3, -0.25) is 4.79 Å². The Balaban J connectivity index is 1.73. The molecule has 1 aromatic carbocycles. The number of hydrogen-bond acceptors (Lipinski definition) is 3. The maximum atomic E-state index is 12.3. The lowest BCUT2D eigenvalue weighted by molar-refractivity contribution is 0.00503. The summed E-state index contributed by atoms with van der Waals surface area (Å²) in [6.07, 6.45) is 4.73. The van der Waals surface area contributed by atoms with Gasteiger partial charge < -0.3 is 14.8 Å². The summed E-state index contributed by atoms with van der Waals surface area (Å²) in [7, 11) is 0. The molecule has 2 aromatic rings. The van der Waals surface area contributed by atoms with E-state index in [2.05, 4.69) is 5.32 Å². The highest BCUT2D eigenvalue weighted by atomic mass is 16.3. The monoisotopic (exact) mass is 287 g/mol. The van der Waals surface area contributed by atoms with Crippen LogP contribution in [0.1, 0.15) is 48.2 Å². The molecule has 1 fully saturated rings. The van der Waals surface area contributed by atoms with Gasteiger partial charge >= 0.3 is 0 Å². The molecule has 21 heavy (non-hydrogen) atoms. The van der Waals surface area contributed by atoms with E-state index in [4.69, 9.17) is 4.42 Å². The van der Waals surface area contributed by atoms with Crippen LogP contribution in [0, 0.1) is 6.92 Å². The largest absolute Gasteiger partial charge is 0.451 e. The Hall–Kier alpha value is -1.81. The van der Waals surface area contributed by atoms with Gasteiger partial charge in [0.25, 0.3) is 5.91 Å². The molecule has 0 atom stereocenters. The Kier molecular flexibility index (Phi) is 3.72. The van der Waals surface area contributed by atoms with Crippen LogP contribution in [0.4, 0.5) is 0 Å². The molecule has 0 unspecified atom stereocenters. The van der Waals surface area contributed by atoms with Crippen molar-refractivity contribution in [1.29, 1.82) is 0 Å². The quantitative estimate of drug-likeness (QED) is 0.911. The van der Waals surface area contributed by atoms with E-state index in [0.29, 0.717) is 12.3 Å². The van der Waals surface area contributed by atoms with Crippen LogP contribution in [-0.4, -0.2) is 23.2 Å². The summed E-state index contributed by atoms with van der Waals surface area (Å²) in [6.45, 7) is 2.18. The van der Waals surface area contributed by atoms with Crippen molar-refractivity contribution >= 4 is 16.9 Å². The molecule has 4 heteroatoms. The fourth-order valence-electron chi connectivity index (χ4n) is 3.10. The maximum Gasteiger partial charge on any atom is 0.287 e. The summed E-state index contributed by atoms with van der Waals surface area (Å²) in [5.74, 6) is 0.0957. The molecule has 112 valence electrons. The molecule has 0 aliphatic heterocycles. The van der Waals surface area contributed by atoms with E-state index in [1.807, 2.05) is 31.2 Å². The number of para-hydroxylation sites is 1. The van der Waals surface area contributed by atoms with Gasteiger partial charge in [-0.25, -0.2) is 0 Å². The summed E-state index contributed by atoms with van der Waals surface area (Å²) in [5, 5.41) is 14.2. The summed E-state index contributed by atoms with van der Waals surface area (Å²) >= 11 is 0. The number of rotatable bonds is 3. The number of fused-ring (bicyclic) bond motifs is 1. The average Bonchev–Trinajstić information content (AvgIpc) is 2.84. The van der Waals surface area contributed by atoms with Crippen molar-refractivity contribution in [3.8, 4) is 0 Å². The first-order chi connectivity index (χ1) is 10.1. The molecule has 0 saturated heterocycles. The number of furan rings is 1. The van der Waals surface area contributed by atoms with E-state index >= 15 is 0 Å². The Bertz CT molecular complexity index is 653. The molecule has 1 aliphatic carbocycles. The third-order valence-electron chi connectivity index (χ3n) is 4.41. The lowest BCUT2D eigenvalue weighted by Gasteiger charge is -2.31. The van der Waals surface area contributed by atoms with Crippen molar-refractivity contribution in [2.24, 2.45) is 0 Å². The molecule has 1 aliphatic rings. The zero-order valence-electron chi connectivity index (χ0n) is 12.3. The molecular formula is C17H21NO3. The Morgan fingerprint density at radius 2 is 2.00 bits per heavy atom. The fraction of sp³-hybridized carbons (Fsp3) is 0.471. The number of nitrogens with one attached hydrogen (secondary N) is 1. The second-order valence-electron chi connectivity index (χ2n) is 6.02. The maximum absolute atomic E-state index is 12.3. The van der Waals surface area contributed by atoms with Crippen molar-refractivity contribution in [2.75, 3.05) is 6.54 Å². The van der Waals surface area contributed by atoms with E-state index in [0.717, 1.165) is 42.2 Å². The van der Waals surface area contributed by atoms with Crippen LogP contribution in [0.2, 0.25) is 0 Å².